The first-order valence-electron chi connectivity index (χ1n) is 9.93. The fourth-order valence-electron chi connectivity index (χ4n) is 4.09. The van der Waals surface area contributed by atoms with Crippen molar-refractivity contribution in [2.75, 3.05) is 26.2 Å². The Morgan fingerprint density at radius 3 is 2.59 bits per heavy atom. The van der Waals surface area contributed by atoms with Crippen LogP contribution in [0, 0.1) is 17.0 Å². The van der Waals surface area contributed by atoms with Gasteiger partial charge in [0.2, 0.25) is 0 Å². The zero-order chi connectivity index (χ0) is 20.4. The lowest BCUT2D eigenvalue weighted by Crippen LogP contribution is -2.51. The molecule has 29 heavy (non-hydrogen) atoms. The molecule has 2 fully saturated rings. The van der Waals surface area contributed by atoms with E-state index in [0.717, 1.165) is 23.1 Å². The SMILES string of the molecule is Cc1csc(Sc2ccc(C(=O)N3CCN(C4CCCC4)CC3)cc2[N+](=O)[O-])n1. The minimum absolute atomic E-state index is 0.0432. The third-order valence-corrected chi connectivity index (χ3v) is 7.76. The van der Waals surface area contributed by atoms with Crippen LogP contribution in [0.5, 0.6) is 0 Å². The summed E-state index contributed by atoms with van der Waals surface area (Å²) in [6, 6.07) is 5.44. The van der Waals surface area contributed by atoms with Gasteiger partial charge in [-0.3, -0.25) is 19.8 Å². The number of hydrogen-bond acceptors (Lipinski definition) is 7. The van der Waals surface area contributed by atoms with E-state index in [1.807, 2.05) is 17.2 Å². The van der Waals surface area contributed by atoms with Gasteiger partial charge in [0, 0.05) is 54.9 Å². The van der Waals surface area contributed by atoms with E-state index in [9.17, 15) is 14.9 Å². The summed E-state index contributed by atoms with van der Waals surface area (Å²) in [6.45, 7) is 5.02. The predicted octanol–water partition coefficient (Wildman–Crippen LogP) is 4.21. The maximum atomic E-state index is 12.9. The van der Waals surface area contributed by atoms with Gasteiger partial charge in [-0.1, -0.05) is 24.6 Å². The fraction of sp³-hybridized carbons (Fsp3) is 0.500. The number of piperazine rings is 1. The van der Waals surface area contributed by atoms with Crippen molar-refractivity contribution in [3.05, 3.63) is 45.0 Å². The van der Waals surface area contributed by atoms with Gasteiger partial charge in [0.05, 0.1) is 9.82 Å². The molecule has 0 spiro atoms. The smallest absolute Gasteiger partial charge is 0.284 e. The van der Waals surface area contributed by atoms with Crippen molar-refractivity contribution in [2.45, 2.75) is 47.9 Å². The highest BCUT2D eigenvalue weighted by Crippen LogP contribution is 2.37. The van der Waals surface area contributed by atoms with Crippen LogP contribution in [0.4, 0.5) is 5.69 Å². The Hall–Kier alpha value is -1.97. The Bertz CT molecular complexity index is 903. The lowest BCUT2D eigenvalue weighted by molar-refractivity contribution is -0.387. The van der Waals surface area contributed by atoms with Crippen molar-refractivity contribution < 1.29 is 9.72 Å². The number of carbonyl (C=O) groups excluding carboxylic acids is 1. The summed E-state index contributed by atoms with van der Waals surface area (Å²) in [5.41, 5.74) is 1.23. The number of thiazole rings is 1. The van der Waals surface area contributed by atoms with E-state index in [1.165, 1.54) is 54.8 Å². The summed E-state index contributed by atoms with van der Waals surface area (Å²) in [4.78, 5) is 33.3. The largest absolute Gasteiger partial charge is 0.336 e. The third-order valence-electron chi connectivity index (χ3n) is 5.64. The van der Waals surface area contributed by atoms with Crippen molar-refractivity contribution in [1.29, 1.82) is 0 Å². The van der Waals surface area contributed by atoms with E-state index < -0.39 is 4.92 Å². The number of benzene rings is 1. The first kappa shape index (κ1) is 20.3. The highest BCUT2D eigenvalue weighted by molar-refractivity contribution is 8.01. The number of amides is 1. The Labute approximate surface area is 178 Å². The number of aromatic nitrogens is 1. The molecule has 2 aromatic rings. The molecular formula is C20H24N4O3S2. The molecule has 0 radical (unpaired) electrons. The van der Waals surface area contributed by atoms with Crippen LogP contribution in [0.15, 0.2) is 32.8 Å². The Morgan fingerprint density at radius 1 is 1.24 bits per heavy atom. The quantitative estimate of drug-likeness (QED) is 0.520. The molecule has 4 rings (SSSR count). The number of carbonyl (C=O) groups is 1. The first-order valence-corrected chi connectivity index (χ1v) is 11.6. The van der Waals surface area contributed by atoms with Crippen molar-refractivity contribution in [2.24, 2.45) is 0 Å². The molecule has 9 heteroatoms. The van der Waals surface area contributed by atoms with Gasteiger partial charge in [-0.05, 0) is 31.9 Å². The van der Waals surface area contributed by atoms with Crippen molar-refractivity contribution in [3.63, 3.8) is 0 Å². The number of nitro benzene ring substituents is 1. The van der Waals surface area contributed by atoms with Gasteiger partial charge in [0.1, 0.15) is 0 Å². The van der Waals surface area contributed by atoms with Crippen molar-refractivity contribution >= 4 is 34.7 Å². The van der Waals surface area contributed by atoms with Gasteiger partial charge in [0.15, 0.2) is 4.34 Å². The normalized spacial score (nSPS) is 18.3. The van der Waals surface area contributed by atoms with Crippen molar-refractivity contribution in [3.8, 4) is 0 Å². The molecule has 154 valence electrons. The summed E-state index contributed by atoms with van der Waals surface area (Å²) in [7, 11) is 0. The number of nitrogens with zero attached hydrogens (tertiary/aromatic N) is 4. The lowest BCUT2D eigenvalue weighted by atomic mass is 10.1. The summed E-state index contributed by atoms with van der Waals surface area (Å²) in [5.74, 6) is -0.124. The maximum Gasteiger partial charge on any atom is 0.284 e. The molecular weight excluding hydrogens is 408 g/mol. The molecule has 0 N–H and O–H groups in total. The molecule has 1 saturated carbocycles. The highest BCUT2D eigenvalue weighted by atomic mass is 32.2. The van der Waals surface area contributed by atoms with Gasteiger partial charge in [-0.2, -0.15) is 0 Å². The monoisotopic (exact) mass is 432 g/mol. The number of hydrogen-bond donors (Lipinski definition) is 0. The molecule has 7 nitrogen and oxygen atoms in total. The molecule has 0 unspecified atom stereocenters. The minimum atomic E-state index is -0.419. The van der Waals surface area contributed by atoms with Gasteiger partial charge >= 0.3 is 0 Å². The van der Waals surface area contributed by atoms with Gasteiger partial charge in [0.25, 0.3) is 11.6 Å². The molecule has 2 aliphatic rings. The Balaban J connectivity index is 1.45. The van der Waals surface area contributed by atoms with Crippen LogP contribution in [0.25, 0.3) is 0 Å². The summed E-state index contributed by atoms with van der Waals surface area (Å²) < 4.78 is 0.757. The molecule has 1 aliphatic carbocycles. The predicted molar refractivity (Wildman–Crippen MR) is 114 cm³/mol. The minimum Gasteiger partial charge on any atom is -0.336 e. The standard InChI is InChI=1S/C20H24N4O3S2/c1-14-13-28-20(21-14)29-18-7-6-15(12-17(18)24(26)27)19(25)23-10-8-22(9-11-23)16-4-2-3-5-16/h6-7,12-13,16H,2-5,8-11H2,1H3. The molecule has 1 aromatic carbocycles. The van der Waals surface area contributed by atoms with E-state index in [2.05, 4.69) is 9.88 Å². The number of aryl methyl sites for hydroxylation is 1. The average Bonchev–Trinajstić information content (AvgIpc) is 3.40. The Morgan fingerprint density at radius 2 is 1.97 bits per heavy atom. The molecule has 0 atom stereocenters. The maximum absolute atomic E-state index is 12.9. The molecule has 1 amide bonds. The second-order valence-corrected chi connectivity index (χ2v) is 9.71. The van der Waals surface area contributed by atoms with Crippen LogP contribution in [-0.4, -0.2) is 57.8 Å². The molecule has 1 saturated heterocycles. The van der Waals surface area contributed by atoms with E-state index in [1.54, 1.807) is 12.1 Å². The van der Waals surface area contributed by atoms with E-state index in [-0.39, 0.29) is 11.6 Å². The summed E-state index contributed by atoms with van der Waals surface area (Å²) >= 11 is 2.73. The number of nitro groups is 1. The van der Waals surface area contributed by atoms with Crippen LogP contribution in [-0.2, 0) is 0 Å². The molecule has 1 aliphatic heterocycles. The van der Waals surface area contributed by atoms with Crippen LogP contribution < -0.4 is 0 Å². The zero-order valence-electron chi connectivity index (χ0n) is 16.4. The second kappa shape index (κ2) is 8.81. The van der Waals surface area contributed by atoms with Gasteiger partial charge in [-0.15, -0.1) is 11.3 Å². The van der Waals surface area contributed by atoms with Gasteiger partial charge in [-0.25, -0.2) is 4.98 Å². The average molecular weight is 433 g/mol. The lowest BCUT2D eigenvalue weighted by Gasteiger charge is -2.38. The highest BCUT2D eigenvalue weighted by Gasteiger charge is 2.29. The molecule has 2 heterocycles. The van der Waals surface area contributed by atoms with E-state index in [4.69, 9.17) is 0 Å². The van der Waals surface area contributed by atoms with Crippen LogP contribution in [0.2, 0.25) is 0 Å². The van der Waals surface area contributed by atoms with E-state index >= 15 is 0 Å². The zero-order valence-corrected chi connectivity index (χ0v) is 18.0. The fourth-order valence-corrected chi connectivity index (χ4v) is 5.97. The molecule has 1 aromatic heterocycles. The topological polar surface area (TPSA) is 79.6 Å². The van der Waals surface area contributed by atoms with Crippen LogP contribution in [0.1, 0.15) is 41.7 Å². The van der Waals surface area contributed by atoms with E-state index in [0.29, 0.717) is 29.6 Å². The summed E-state index contributed by atoms with van der Waals surface area (Å²) in [6.07, 6.45) is 5.13. The van der Waals surface area contributed by atoms with Gasteiger partial charge < -0.3 is 4.90 Å². The molecule has 0 bridgehead atoms. The third kappa shape index (κ3) is 4.62. The first-order chi connectivity index (χ1) is 14.0. The van der Waals surface area contributed by atoms with Crippen LogP contribution in [0.3, 0.4) is 0 Å². The second-order valence-electron chi connectivity index (χ2n) is 7.56. The van der Waals surface area contributed by atoms with Crippen molar-refractivity contribution in [1.82, 2.24) is 14.8 Å². The number of rotatable bonds is 5. The Kier molecular flexibility index (Phi) is 6.17. The summed E-state index contributed by atoms with van der Waals surface area (Å²) in [5, 5.41) is 13.5. The van der Waals surface area contributed by atoms with Crippen LogP contribution >= 0.6 is 23.1 Å².